The van der Waals surface area contributed by atoms with Crippen LogP contribution in [0.5, 0.6) is 0 Å². The first kappa shape index (κ1) is 12.7. The Morgan fingerprint density at radius 2 is 2.00 bits per heavy atom. The fourth-order valence-corrected chi connectivity index (χ4v) is 2.34. The fourth-order valence-electron chi connectivity index (χ4n) is 2.11. The standard InChI is InChI=1S/C15H12ClN3O/c1-9-8-10(6-7-18-9)14-13(15(17)19-20-14)11-4-2-3-5-12(11)16/h2-8H,1H3,(H2,17,19). The molecule has 4 nitrogen and oxygen atoms in total. The number of hydrogen-bond donors (Lipinski definition) is 1. The minimum atomic E-state index is 0.322. The van der Waals surface area contributed by atoms with E-state index in [0.29, 0.717) is 22.2 Å². The summed E-state index contributed by atoms with van der Waals surface area (Å²) in [6, 6.07) is 11.2. The van der Waals surface area contributed by atoms with Crippen molar-refractivity contribution in [2.24, 2.45) is 0 Å². The molecule has 0 atom stereocenters. The number of nitrogens with two attached hydrogens (primary N) is 1. The highest BCUT2D eigenvalue weighted by Gasteiger charge is 2.19. The Morgan fingerprint density at radius 3 is 2.75 bits per heavy atom. The SMILES string of the molecule is Cc1cc(-c2onc(N)c2-c2ccccc2Cl)ccn1. The number of nitrogens with zero attached hydrogens (tertiary/aromatic N) is 2. The molecule has 0 saturated heterocycles. The van der Waals surface area contributed by atoms with Crippen molar-refractivity contribution >= 4 is 17.4 Å². The van der Waals surface area contributed by atoms with Crippen molar-refractivity contribution in [3.05, 3.63) is 53.3 Å². The second-order valence-corrected chi connectivity index (χ2v) is 4.84. The van der Waals surface area contributed by atoms with Gasteiger partial charge in [-0.2, -0.15) is 0 Å². The minimum absolute atomic E-state index is 0.322. The van der Waals surface area contributed by atoms with Crippen LogP contribution in [0.1, 0.15) is 5.69 Å². The molecular formula is C15H12ClN3O. The second kappa shape index (κ2) is 4.98. The molecule has 0 aliphatic heterocycles. The van der Waals surface area contributed by atoms with E-state index in [1.807, 2.05) is 43.3 Å². The molecule has 2 heterocycles. The minimum Gasteiger partial charge on any atom is -0.380 e. The Labute approximate surface area is 121 Å². The highest BCUT2D eigenvalue weighted by atomic mass is 35.5. The average molecular weight is 286 g/mol. The smallest absolute Gasteiger partial charge is 0.177 e. The third-order valence-corrected chi connectivity index (χ3v) is 3.35. The number of hydrogen-bond acceptors (Lipinski definition) is 4. The van der Waals surface area contributed by atoms with Gasteiger partial charge in [-0.3, -0.25) is 4.98 Å². The van der Waals surface area contributed by atoms with Crippen LogP contribution in [0.25, 0.3) is 22.5 Å². The van der Waals surface area contributed by atoms with Crippen LogP contribution in [0.4, 0.5) is 5.82 Å². The average Bonchev–Trinajstić information content (AvgIpc) is 2.81. The Morgan fingerprint density at radius 1 is 1.20 bits per heavy atom. The monoisotopic (exact) mass is 285 g/mol. The zero-order valence-corrected chi connectivity index (χ0v) is 11.6. The van der Waals surface area contributed by atoms with Gasteiger partial charge in [0.15, 0.2) is 11.6 Å². The van der Waals surface area contributed by atoms with E-state index >= 15 is 0 Å². The van der Waals surface area contributed by atoms with Gasteiger partial charge in [-0.05, 0) is 25.1 Å². The summed E-state index contributed by atoms with van der Waals surface area (Å²) in [5.74, 6) is 0.920. The molecule has 3 rings (SSSR count). The Bertz CT molecular complexity index is 767. The number of aryl methyl sites for hydroxylation is 1. The van der Waals surface area contributed by atoms with Crippen molar-refractivity contribution in [1.82, 2.24) is 10.1 Å². The predicted molar refractivity (Wildman–Crippen MR) is 79.3 cm³/mol. The lowest BCUT2D eigenvalue weighted by atomic mass is 10.0. The summed E-state index contributed by atoms with van der Waals surface area (Å²) < 4.78 is 5.38. The van der Waals surface area contributed by atoms with Crippen molar-refractivity contribution < 1.29 is 4.52 Å². The molecule has 0 spiro atoms. The van der Waals surface area contributed by atoms with Crippen LogP contribution in [0.15, 0.2) is 47.1 Å². The summed E-state index contributed by atoms with van der Waals surface area (Å²) in [5, 5.41) is 4.47. The molecule has 0 unspecified atom stereocenters. The molecular weight excluding hydrogens is 274 g/mol. The van der Waals surface area contributed by atoms with Gasteiger partial charge in [0, 0.05) is 28.0 Å². The molecule has 0 aliphatic carbocycles. The van der Waals surface area contributed by atoms with Gasteiger partial charge in [-0.25, -0.2) is 0 Å². The highest BCUT2D eigenvalue weighted by molar-refractivity contribution is 6.33. The van der Waals surface area contributed by atoms with Gasteiger partial charge in [0.1, 0.15) is 0 Å². The maximum absolute atomic E-state index is 6.24. The Balaban J connectivity index is 2.23. The lowest BCUT2D eigenvalue weighted by molar-refractivity contribution is 0.436. The maximum Gasteiger partial charge on any atom is 0.177 e. The number of anilines is 1. The van der Waals surface area contributed by atoms with Crippen molar-refractivity contribution in [1.29, 1.82) is 0 Å². The third kappa shape index (κ3) is 2.14. The van der Waals surface area contributed by atoms with Gasteiger partial charge in [0.25, 0.3) is 0 Å². The van der Waals surface area contributed by atoms with E-state index in [2.05, 4.69) is 10.1 Å². The van der Waals surface area contributed by atoms with Gasteiger partial charge in [0.05, 0.1) is 5.56 Å². The quantitative estimate of drug-likeness (QED) is 0.774. The summed E-state index contributed by atoms with van der Waals surface area (Å²) in [5.41, 5.74) is 9.21. The first-order chi connectivity index (χ1) is 9.66. The van der Waals surface area contributed by atoms with E-state index in [1.165, 1.54) is 0 Å². The third-order valence-electron chi connectivity index (χ3n) is 3.02. The summed E-state index contributed by atoms with van der Waals surface area (Å²) in [4.78, 5) is 4.17. The van der Waals surface area contributed by atoms with E-state index in [1.54, 1.807) is 6.20 Å². The molecule has 5 heteroatoms. The molecule has 2 N–H and O–H groups in total. The maximum atomic E-state index is 6.24. The van der Waals surface area contributed by atoms with Crippen molar-refractivity contribution in [3.63, 3.8) is 0 Å². The molecule has 1 aromatic carbocycles. The Hall–Kier alpha value is -2.33. The summed E-state index contributed by atoms with van der Waals surface area (Å²) >= 11 is 6.24. The van der Waals surface area contributed by atoms with Crippen LogP contribution in [0, 0.1) is 6.92 Å². The first-order valence-corrected chi connectivity index (χ1v) is 6.47. The molecule has 0 amide bonds. The lowest BCUT2D eigenvalue weighted by Gasteiger charge is -2.05. The number of rotatable bonds is 2. The molecule has 0 aliphatic rings. The van der Waals surface area contributed by atoms with Crippen molar-refractivity contribution in [2.75, 3.05) is 5.73 Å². The number of pyridine rings is 1. The molecule has 0 saturated carbocycles. The number of nitrogen functional groups attached to an aromatic ring is 1. The number of benzene rings is 1. The number of aromatic nitrogens is 2. The van der Waals surface area contributed by atoms with E-state index < -0.39 is 0 Å². The molecule has 0 bridgehead atoms. The molecule has 0 radical (unpaired) electrons. The first-order valence-electron chi connectivity index (χ1n) is 6.10. The van der Waals surface area contributed by atoms with Gasteiger partial charge in [0.2, 0.25) is 0 Å². The van der Waals surface area contributed by atoms with Crippen LogP contribution in [0.3, 0.4) is 0 Å². The van der Waals surface area contributed by atoms with Crippen molar-refractivity contribution in [2.45, 2.75) is 6.92 Å². The zero-order valence-electron chi connectivity index (χ0n) is 10.8. The Kier molecular flexibility index (Phi) is 3.16. The van der Waals surface area contributed by atoms with Crippen LogP contribution in [-0.2, 0) is 0 Å². The molecule has 100 valence electrons. The molecule has 20 heavy (non-hydrogen) atoms. The largest absolute Gasteiger partial charge is 0.380 e. The fraction of sp³-hybridized carbons (Fsp3) is 0.0667. The second-order valence-electron chi connectivity index (χ2n) is 4.44. The highest BCUT2D eigenvalue weighted by Crippen LogP contribution is 2.39. The molecule has 0 fully saturated rings. The van der Waals surface area contributed by atoms with Crippen LogP contribution in [0.2, 0.25) is 5.02 Å². The van der Waals surface area contributed by atoms with Gasteiger partial charge in [-0.15, -0.1) is 0 Å². The van der Waals surface area contributed by atoms with E-state index in [4.69, 9.17) is 21.9 Å². The summed E-state index contributed by atoms with van der Waals surface area (Å²) in [7, 11) is 0. The van der Waals surface area contributed by atoms with Gasteiger partial charge in [-0.1, -0.05) is 35.0 Å². The molecule has 2 aromatic heterocycles. The normalized spacial score (nSPS) is 10.7. The zero-order chi connectivity index (χ0) is 14.1. The summed E-state index contributed by atoms with van der Waals surface area (Å²) in [6.45, 7) is 1.92. The van der Waals surface area contributed by atoms with E-state index in [-0.39, 0.29) is 0 Å². The van der Waals surface area contributed by atoms with Crippen LogP contribution in [-0.4, -0.2) is 10.1 Å². The predicted octanol–water partition coefficient (Wildman–Crippen LogP) is 3.95. The van der Waals surface area contributed by atoms with Gasteiger partial charge >= 0.3 is 0 Å². The number of halogens is 1. The summed E-state index contributed by atoms with van der Waals surface area (Å²) in [6.07, 6.45) is 1.72. The van der Waals surface area contributed by atoms with Crippen molar-refractivity contribution in [3.8, 4) is 22.5 Å². The van der Waals surface area contributed by atoms with E-state index in [9.17, 15) is 0 Å². The molecule has 3 aromatic rings. The van der Waals surface area contributed by atoms with Gasteiger partial charge < -0.3 is 10.3 Å². The van der Waals surface area contributed by atoms with E-state index in [0.717, 1.165) is 16.8 Å². The topological polar surface area (TPSA) is 64.9 Å². The lowest BCUT2D eigenvalue weighted by Crippen LogP contribution is -1.90. The van der Waals surface area contributed by atoms with Crippen LogP contribution < -0.4 is 5.73 Å². The van der Waals surface area contributed by atoms with Crippen LogP contribution >= 0.6 is 11.6 Å².